The number of nitrogens with zero attached hydrogens (tertiary/aromatic N) is 2. The van der Waals surface area contributed by atoms with Crippen LogP contribution in [0.4, 0.5) is 5.69 Å². The van der Waals surface area contributed by atoms with Crippen molar-refractivity contribution >= 4 is 28.9 Å². The number of benzene rings is 1. The Bertz CT molecular complexity index is 880. The first-order valence-corrected chi connectivity index (χ1v) is 11.9. The van der Waals surface area contributed by atoms with Gasteiger partial charge < -0.3 is 20.7 Å². The maximum Gasteiger partial charge on any atom is 0.225 e. The molecule has 8 heteroatoms. The molecule has 4 rings (SSSR count). The molecule has 0 radical (unpaired) electrons. The van der Waals surface area contributed by atoms with Crippen molar-refractivity contribution in [3.05, 3.63) is 52.2 Å². The van der Waals surface area contributed by atoms with Crippen LogP contribution in [0.15, 0.2) is 46.8 Å². The Kier molecular flexibility index (Phi) is 7.56. The Balaban J connectivity index is 1.44. The summed E-state index contributed by atoms with van der Waals surface area (Å²) in [5.41, 5.74) is 2.09. The number of rotatable bonds is 7. The van der Waals surface area contributed by atoms with E-state index in [1.165, 1.54) is 10.4 Å². The number of amides is 1. The minimum Gasteiger partial charge on any atom is -0.379 e. The number of morpholine rings is 1. The van der Waals surface area contributed by atoms with Gasteiger partial charge in [-0.3, -0.25) is 14.7 Å². The van der Waals surface area contributed by atoms with Gasteiger partial charge in [-0.15, -0.1) is 11.3 Å². The summed E-state index contributed by atoms with van der Waals surface area (Å²) in [5.74, 6) is 0.986. The van der Waals surface area contributed by atoms with Crippen LogP contribution >= 0.6 is 11.3 Å². The lowest BCUT2D eigenvalue weighted by Crippen LogP contribution is -2.42. The zero-order chi connectivity index (χ0) is 21.5. The number of nitrogens with one attached hydrogen (secondary N) is 3. The second-order valence-electron chi connectivity index (χ2n) is 7.82. The fourth-order valence-corrected chi connectivity index (χ4v) is 5.03. The topological polar surface area (TPSA) is 78.0 Å². The summed E-state index contributed by atoms with van der Waals surface area (Å²) in [4.78, 5) is 20.8. The third-order valence-corrected chi connectivity index (χ3v) is 6.72. The van der Waals surface area contributed by atoms with Gasteiger partial charge in [-0.05, 0) is 30.0 Å². The molecule has 0 saturated carbocycles. The Labute approximate surface area is 187 Å². The average molecular weight is 442 g/mol. The van der Waals surface area contributed by atoms with Gasteiger partial charge in [0.25, 0.3) is 0 Å². The first-order valence-electron chi connectivity index (χ1n) is 11.0. The summed E-state index contributed by atoms with van der Waals surface area (Å²) < 4.78 is 5.54. The lowest BCUT2D eigenvalue weighted by atomic mass is 9.90. The van der Waals surface area contributed by atoms with Crippen LogP contribution in [0.25, 0.3) is 0 Å². The van der Waals surface area contributed by atoms with Gasteiger partial charge >= 0.3 is 0 Å². The van der Waals surface area contributed by atoms with E-state index in [9.17, 15) is 4.79 Å². The van der Waals surface area contributed by atoms with Crippen molar-refractivity contribution in [2.24, 2.45) is 4.99 Å². The molecule has 0 spiro atoms. The molecular weight excluding hydrogens is 410 g/mol. The summed E-state index contributed by atoms with van der Waals surface area (Å²) in [6.07, 6.45) is 0.481. The number of thiophene rings is 1. The van der Waals surface area contributed by atoms with E-state index in [0.717, 1.165) is 44.5 Å². The van der Waals surface area contributed by atoms with Crippen molar-refractivity contribution in [3.63, 3.8) is 0 Å². The minimum atomic E-state index is 0.0671. The van der Waals surface area contributed by atoms with E-state index in [2.05, 4.69) is 51.4 Å². The Morgan fingerprint density at radius 1 is 1.26 bits per heavy atom. The molecule has 0 bridgehead atoms. The van der Waals surface area contributed by atoms with E-state index < -0.39 is 0 Å². The van der Waals surface area contributed by atoms with Gasteiger partial charge in [0.1, 0.15) is 0 Å². The van der Waals surface area contributed by atoms with Crippen LogP contribution in [0.2, 0.25) is 0 Å². The van der Waals surface area contributed by atoms with Gasteiger partial charge in [0.05, 0.1) is 25.8 Å². The zero-order valence-corrected chi connectivity index (χ0v) is 18.8. The van der Waals surface area contributed by atoms with Crippen molar-refractivity contribution < 1.29 is 9.53 Å². The SMILES string of the molecule is CCNC(=NCC(c1cccs1)N1CCOCC1)NCC1CC(=O)Nc2ccccc21. The van der Waals surface area contributed by atoms with Crippen molar-refractivity contribution in [3.8, 4) is 0 Å². The summed E-state index contributed by atoms with van der Waals surface area (Å²) in [6, 6.07) is 12.6. The van der Waals surface area contributed by atoms with Gasteiger partial charge in [0, 0.05) is 49.1 Å². The monoisotopic (exact) mass is 441 g/mol. The predicted octanol–water partition coefficient (Wildman–Crippen LogP) is 2.80. The molecule has 7 nitrogen and oxygen atoms in total. The number of para-hydroxylation sites is 1. The third-order valence-electron chi connectivity index (χ3n) is 5.75. The second-order valence-corrected chi connectivity index (χ2v) is 8.80. The molecule has 2 unspecified atom stereocenters. The quantitative estimate of drug-likeness (QED) is 0.455. The molecular formula is C23H31N5O2S. The third kappa shape index (κ3) is 5.64. The number of aliphatic imine (C=N–C) groups is 1. The van der Waals surface area contributed by atoms with E-state index in [0.29, 0.717) is 19.5 Å². The number of fused-ring (bicyclic) bond motifs is 1. The molecule has 1 saturated heterocycles. The molecule has 0 aliphatic carbocycles. The summed E-state index contributed by atoms with van der Waals surface area (Å²) >= 11 is 1.78. The fourth-order valence-electron chi connectivity index (χ4n) is 4.18. The smallest absolute Gasteiger partial charge is 0.225 e. The minimum absolute atomic E-state index is 0.0671. The van der Waals surface area contributed by atoms with Crippen molar-refractivity contribution in [2.45, 2.75) is 25.3 Å². The van der Waals surface area contributed by atoms with E-state index in [-0.39, 0.29) is 17.9 Å². The molecule has 3 N–H and O–H groups in total. The molecule has 31 heavy (non-hydrogen) atoms. The van der Waals surface area contributed by atoms with Crippen molar-refractivity contribution in [2.75, 3.05) is 51.3 Å². The van der Waals surface area contributed by atoms with Gasteiger partial charge in [-0.2, -0.15) is 0 Å². The first-order chi connectivity index (χ1) is 15.2. The molecule has 1 aromatic carbocycles. The Morgan fingerprint density at radius 3 is 2.87 bits per heavy atom. The zero-order valence-electron chi connectivity index (χ0n) is 18.0. The number of guanidine groups is 1. The van der Waals surface area contributed by atoms with Crippen LogP contribution < -0.4 is 16.0 Å². The molecule has 1 aromatic heterocycles. The van der Waals surface area contributed by atoms with Crippen LogP contribution in [0.1, 0.15) is 35.7 Å². The highest BCUT2D eigenvalue weighted by Gasteiger charge is 2.26. The van der Waals surface area contributed by atoms with E-state index >= 15 is 0 Å². The van der Waals surface area contributed by atoms with Crippen LogP contribution in [0, 0.1) is 0 Å². The summed E-state index contributed by atoms with van der Waals surface area (Å²) in [6.45, 7) is 7.59. The van der Waals surface area contributed by atoms with Crippen LogP contribution in [-0.4, -0.2) is 62.7 Å². The second kappa shape index (κ2) is 10.7. The molecule has 1 amide bonds. The molecule has 166 valence electrons. The lowest BCUT2D eigenvalue weighted by molar-refractivity contribution is -0.116. The molecule has 1 fully saturated rings. The maximum absolute atomic E-state index is 12.1. The highest BCUT2D eigenvalue weighted by atomic mass is 32.1. The number of carbonyl (C=O) groups excluding carboxylic acids is 1. The van der Waals surface area contributed by atoms with Gasteiger partial charge in [0.15, 0.2) is 5.96 Å². The number of carbonyl (C=O) groups is 1. The highest BCUT2D eigenvalue weighted by Crippen LogP contribution is 2.31. The molecule has 2 aliphatic heterocycles. The first kappa shape index (κ1) is 21.8. The number of hydrogen-bond donors (Lipinski definition) is 3. The van der Waals surface area contributed by atoms with Crippen molar-refractivity contribution in [1.82, 2.24) is 15.5 Å². The predicted molar refractivity (Wildman–Crippen MR) is 126 cm³/mol. The van der Waals surface area contributed by atoms with E-state index in [4.69, 9.17) is 9.73 Å². The number of anilines is 1. The van der Waals surface area contributed by atoms with E-state index in [1.807, 2.05) is 18.2 Å². The summed E-state index contributed by atoms with van der Waals surface area (Å²) in [7, 11) is 0. The normalized spacial score (nSPS) is 20.6. The lowest BCUT2D eigenvalue weighted by Gasteiger charge is -2.33. The molecule has 2 aromatic rings. The molecule has 3 heterocycles. The van der Waals surface area contributed by atoms with Crippen LogP contribution in [0.5, 0.6) is 0 Å². The van der Waals surface area contributed by atoms with Crippen LogP contribution in [-0.2, 0) is 9.53 Å². The van der Waals surface area contributed by atoms with Gasteiger partial charge in [0.2, 0.25) is 5.91 Å². The summed E-state index contributed by atoms with van der Waals surface area (Å²) in [5, 5.41) is 11.9. The Morgan fingerprint density at radius 2 is 2.10 bits per heavy atom. The fraction of sp³-hybridized carbons (Fsp3) is 0.478. The average Bonchev–Trinajstić information content (AvgIpc) is 3.32. The van der Waals surface area contributed by atoms with Crippen molar-refractivity contribution in [1.29, 1.82) is 0 Å². The molecule has 2 aliphatic rings. The van der Waals surface area contributed by atoms with Gasteiger partial charge in [-0.25, -0.2) is 0 Å². The maximum atomic E-state index is 12.1. The Hall–Kier alpha value is -2.42. The van der Waals surface area contributed by atoms with Gasteiger partial charge in [-0.1, -0.05) is 24.3 Å². The number of hydrogen-bond acceptors (Lipinski definition) is 5. The largest absolute Gasteiger partial charge is 0.379 e. The molecule has 2 atom stereocenters. The standard InChI is InChI=1S/C23H31N5O2S/c1-2-24-23(25-15-17-14-22(29)27-19-7-4-3-6-18(17)19)26-16-20(21-8-5-13-31-21)28-9-11-30-12-10-28/h3-8,13,17,20H,2,9-12,14-16H2,1H3,(H,27,29)(H2,24,25,26). The van der Waals surface area contributed by atoms with Crippen LogP contribution in [0.3, 0.4) is 0 Å². The highest BCUT2D eigenvalue weighted by molar-refractivity contribution is 7.10. The van der Waals surface area contributed by atoms with E-state index in [1.54, 1.807) is 11.3 Å². The number of ether oxygens (including phenoxy) is 1.